The molecule has 63 valence electrons. The van der Waals surface area contributed by atoms with E-state index in [4.69, 9.17) is 0 Å². The van der Waals surface area contributed by atoms with Gasteiger partial charge in [-0.05, 0) is 25.7 Å². The lowest BCUT2D eigenvalue weighted by atomic mass is 10.2. The molecule has 0 aromatic rings. The van der Waals surface area contributed by atoms with Gasteiger partial charge in [-0.2, -0.15) is 0 Å². The van der Waals surface area contributed by atoms with Crippen LogP contribution in [0.2, 0.25) is 0 Å². The van der Waals surface area contributed by atoms with Gasteiger partial charge in [0.2, 0.25) is 0 Å². The third kappa shape index (κ3) is 3.09. The van der Waals surface area contributed by atoms with E-state index in [1.54, 1.807) is 11.1 Å². The Morgan fingerprint density at radius 1 is 0.909 bits per heavy atom. The van der Waals surface area contributed by atoms with Crippen molar-refractivity contribution in [2.24, 2.45) is 0 Å². The Hall–Kier alpha value is -0.260. The molecule has 0 fully saturated rings. The van der Waals surface area contributed by atoms with Crippen molar-refractivity contribution < 1.29 is 0 Å². The van der Waals surface area contributed by atoms with Crippen LogP contribution in [0.3, 0.4) is 0 Å². The van der Waals surface area contributed by atoms with Crippen LogP contribution in [-0.2, 0) is 0 Å². The summed E-state index contributed by atoms with van der Waals surface area (Å²) >= 11 is 0. The zero-order valence-electron chi connectivity index (χ0n) is 7.82. The fraction of sp³-hybridized carbons (Fsp3) is 0.727. The maximum absolute atomic E-state index is 2.38. The maximum Gasteiger partial charge on any atom is 0.0116 e. The van der Waals surface area contributed by atoms with E-state index in [0.29, 0.717) is 0 Å². The van der Waals surface area contributed by atoms with E-state index < -0.39 is 0 Å². The molecule has 0 bridgehead atoms. The minimum absolute atomic E-state index is 1.33. The highest BCUT2D eigenvalue weighted by Gasteiger charge is 2.19. The molecular formula is C11H19. The van der Waals surface area contributed by atoms with Crippen LogP contribution in [0.25, 0.3) is 0 Å². The van der Waals surface area contributed by atoms with Gasteiger partial charge in [0.25, 0.3) is 0 Å². The van der Waals surface area contributed by atoms with Gasteiger partial charge in [-0.25, -0.2) is 0 Å². The van der Waals surface area contributed by atoms with Gasteiger partial charge in [0, 0.05) is 6.42 Å². The largest absolute Gasteiger partial charge is 0.0654 e. The summed E-state index contributed by atoms with van der Waals surface area (Å²) < 4.78 is 0. The molecule has 0 amide bonds. The van der Waals surface area contributed by atoms with E-state index in [1.165, 1.54) is 38.5 Å². The Morgan fingerprint density at radius 2 is 1.36 bits per heavy atom. The average Bonchev–Trinajstić information content (AvgIpc) is 2.76. The lowest BCUT2D eigenvalue weighted by Gasteiger charge is -1.88. The molecule has 0 aliphatic heterocycles. The minimum Gasteiger partial charge on any atom is -0.0654 e. The third-order valence-corrected chi connectivity index (χ3v) is 2.28. The van der Waals surface area contributed by atoms with Crippen molar-refractivity contribution >= 4 is 0 Å². The Labute approximate surface area is 70.7 Å². The number of rotatable bonds is 6. The summed E-state index contributed by atoms with van der Waals surface area (Å²) in [6.45, 7) is 4.52. The highest BCUT2D eigenvalue weighted by molar-refractivity contribution is 5.49. The number of hydrogen-bond donors (Lipinski definition) is 0. The minimum atomic E-state index is 1.33. The van der Waals surface area contributed by atoms with E-state index in [0.717, 1.165) is 0 Å². The summed E-state index contributed by atoms with van der Waals surface area (Å²) in [6.07, 6.45) is 10.5. The number of unbranched alkanes of at least 4 members (excludes halogenated alkanes) is 2. The SMILES string of the molecule is CCCCC1=C(CCCC)[CH]1. The zero-order chi connectivity index (χ0) is 8.10. The van der Waals surface area contributed by atoms with Gasteiger partial charge >= 0.3 is 0 Å². The first kappa shape index (κ1) is 8.83. The quantitative estimate of drug-likeness (QED) is 0.540. The van der Waals surface area contributed by atoms with Gasteiger partial charge in [0.05, 0.1) is 0 Å². The summed E-state index contributed by atoms with van der Waals surface area (Å²) in [4.78, 5) is 0. The summed E-state index contributed by atoms with van der Waals surface area (Å²) in [5, 5.41) is 0. The van der Waals surface area contributed by atoms with Crippen molar-refractivity contribution in [1.82, 2.24) is 0 Å². The number of allylic oxidation sites excluding steroid dienone is 2. The fourth-order valence-electron chi connectivity index (χ4n) is 1.37. The van der Waals surface area contributed by atoms with Crippen LogP contribution < -0.4 is 0 Å². The summed E-state index contributed by atoms with van der Waals surface area (Å²) in [5.41, 5.74) is 3.33. The van der Waals surface area contributed by atoms with Crippen molar-refractivity contribution in [1.29, 1.82) is 0 Å². The Kier molecular flexibility index (Phi) is 3.68. The van der Waals surface area contributed by atoms with Crippen LogP contribution >= 0.6 is 0 Å². The second-order valence-corrected chi connectivity index (χ2v) is 3.40. The van der Waals surface area contributed by atoms with Crippen molar-refractivity contribution in [3.05, 3.63) is 17.6 Å². The van der Waals surface area contributed by atoms with Gasteiger partial charge < -0.3 is 0 Å². The van der Waals surface area contributed by atoms with E-state index in [9.17, 15) is 0 Å². The predicted molar refractivity (Wildman–Crippen MR) is 50.4 cm³/mol. The summed E-state index contributed by atoms with van der Waals surface area (Å²) in [6, 6.07) is 0. The van der Waals surface area contributed by atoms with Crippen molar-refractivity contribution in [3.63, 3.8) is 0 Å². The first-order chi connectivity index (χ1) is 5.38. The molecule has 0 spiro atoms. The lowest BCUT2D eigenvalue weighted by molar-refractivity contribution is 0.793. The average molecular weight is 151 g/mol. The molecule has 0 aromatic carbocycles. The Bertz CT molecular complexity index is 126. The highest BCUT2D eigenvalue weighted by atomic mass is 14.2. The Balaban J connectivity index is 2.04. The molecule has 0 aromatic heterocycles. The predicted octanol–water partition coefficient (Wildman–Crippen LogP) is 3.88. The molecule has 0 heteroatoms. The Morgan fingerprint density at radius 3 is 1.73 bits per heavy atom. The van der Waals surface area contributed by atoms with Gasteiger partial charge in [0.15, 0.2) is 0 Å². The van der Waals surface area contributed by atoms with Crippen LogP contribution in [0.1, 0.15) is 52.4 Å². The molecule has 0 nitrogen and oxygen atoms in total. The van der Waals surface area contributed by atoms with Crippen LogP contribution in [-0.4, -0.2) is 0 Å². The maximum atomic E-state index is 2.38. The molecule has 0 saturated carbocycles. The smallest absolute Gasteiger partial charge is 0.0116 e. The standard InChI is InChI=1S/C11H19/c1-3-5-7-10-9-11(10)8-6-4-2/h9H,3-8H2,1-2H3. The van der Waals surface area contributed by atoms with Gasteiger partial charge in [-0.3, -0.25) is 0 Å². The van der Waals surface area contributed by atoms with Crippen molar-refractivity contribution in [3.8, 4) is 0 Å². The molecule has 0 saturated heterocycles. The molecule has 1 aliphatic carbocycles. The monoisotopic (exact) mass is 151 g/mol. The molecule has 0 atom stereocenters. The van der Waals surface area contributed by atoms with Crippen LogP contribution in [0.15, 0.2) is 11.1 Å². The molecule has 11 heavy (non-hydrogen) atoms. The van der Waals surface area contributed by atoms with Gasteiger partial charge in [-0.15, -0.1) is 0 Å². The first-order valence-corrected chi connectivity index (χ1v) is 4.95. The molecule has 0 unspecified atom stereocenters. The molecular weight excluding hydrogens is 132 g/mol. The zero-order valence-corrected chi connectivity index (χ0v) is 7.82. The second-order valence-electron chi connectivity index (χ2n) is 3.40. The fourth-order valence-corrected chi connectivity index (χ4v) is 1.37. The molecule has 1 radical (unpaired) electrons. The molecule has 0 heterocycles. The van der Waals surface area contributed by atoms with Crippen LogP contribution in [0.5, 0.6) is 0 Å². The molecule has 1 aliphatic rings. The van der Waals surface area contributed by atoms with E-state index >= 15 is 0 Å². The van der Waals surface area contributed by atoms with Crippen molar-refractivity contribution in [2.45, 2.75) is 52.4 Å². The lowest BCUT2D eigenvalue weighted by Crippen LogP contribution is -1.69. The van der Waals surface area contributed by atoms with Gasteiger partial charge in [0.1, 0.15) is 0 Å². The van der Waals surface area contributed by atoms with E-state index in [2.05, 4.69) is 20.3 Å². The third-order valence-electron chi connectivity index (χ3n) is 2.28. The van der Waals surface area contributed by atoms with Crippen molar-refractivity contribution in [2.75, 3.05) is 0 Å². The summed E-state index contributed by atoms with van der Waals surface area (Å²) in [5.74, 6) is 0. The van der Waals surface area contributed by atoms with Gasteiger partial charge in [-0.1, -0.05) is 37.8 Å². The first-order valence-electron chi connectivity index (χ1n) is 4.95. The van der Waals surface area contributed by atoms with E-state index in [-0.39, 0.29) is 0 Å². The molecule has 0 N–H and O–H groups in total. The highest BCUT2D eigenvalue weighted by Crippen LogP contribution is 2.36. The normalized spacial score (nSPS) is 15.8. The topological polar surface area (TPSA) is 0 Å². The summed E-state index contributed by atoms with van der Waals surface area (Å²) in [7, 11) is 0. The number of hydrogen-bond acceptors (Lipinski definition) is 0. The molecule has 1 rings (SSSR count). The van der Waals surface area contributed by atoms with Crippen LogP contribution in [0, 0.1) is 6.42 Å². The van der Waals surface area contributed by atoms with Crippen LogP contribution in [0.4, 0.5) is 0 Å². The second kappa shape index (κ2) is 4.58. The van der Waals surface area contributed by atoms with E-state index in [1.807, 2.05) is 0 Å².